The number of carbonyl (C=O) groups is 1. The Hall–Kier alpha value is -4.95. The van der Waals surface area contributed by atoms with Gasteiger partial charge in [0.05, 0.1) is 18.9 Å². The zero-order valence-corrected chi connectivity index (χ0v) is 23.7. The van der Waals surface area contributed by atoms with Crippen molar-refractivity contribution < 1.29 is 14.3 Å². The first-order valence-electron chi connectivity index (χ1n) is 14.6. The average Bonchev–Trinajstić information content (AvgIpc) is 3.40. The molecule has 1 aromatic heterocycles. The number of benzene rings is 4. The van der Waals surface area contributed by atoms with Crippen molar-refractivity contribution in [1.82, 2.24) is 4.98 Å². The van der Waals surface area contributed by atoms with E-state index in [9.17, 15) is 10.1 Å². The normalized spacial score (nSPS) is 11.5. The van der Waals surface area contributed by atoms with Crippen molar-refractivity contribution in [3.63, 3.8) is 0 Å². The van der Waals surface area contributed by atoms with Gasteiger partial charge in [0.2, 0.25) is 5.88 Å². The SMILES string of the molecule is CCOC(=O)CCCCCOc1nc(-c2ccc3ccccc3c2)cc(-c2ccc3c(c2)Cc2ccccc2-3)c1C#N. The van der Waals surface area contributed by atoms with Gasteiger partial charge in [-0.05, 0) is 83.3 Å². The Morgan fingerprint density at radius 1 is 0.810 bits per heavy atom. The predicted molar refractivity (Wildman–Crippen MR) is 166 cm³/mol. The Morgan fingerprint density at radius 3 is 2.45 bits per heavy atom. The molecule has 0 aliphatic heterocycles. The largest absolute Gasteiger partial charge is 0.477 e. The molecular weight excluding hydrogens is 520 g/mol. The van der Waals surface area contributed by atoms with Gasteiger partial charge in [-0.25, -0.2) is 4.98 Å². The van der Waals surface area contributed by atoms with E-state index < -0.39 is 0 Å². The van der Waals surface area contributed by atoms with E-state index in [0.717, 1.165) is 58.8 Å². The van der Waals surface area contributed by atoms with Gasteiger partial charge in [0.25, 0.3) is 0 Å². The van der Waals surface area contributed by atoms with Crippen molar-refractivity contribution in [3.8, 4) is 45.5 Å². The van der Waals surface area contributed by atoms with Crippen LogP contribution in [-0.4, -0.2) is 24.2 Å². The standard InChI is InChI=1S/C37H32N2O3/c1-2-41-36(40)14-4-3-9-19-42-37-34(24-38)33(23-35(39-37)29-16-15-25-10-5-6-11-26(25)20-29)28-17-18-32-30(22-28)21-27-12-7-8-13-31(27)32/h5-8,10-13,15-18,20,22-23H,2-4,9,14,19,21H2,1H3. The summed E-state index contributed by atoms with van der Waals surface area (Å²) in [5.74, 6) is 0.171. The zero-order valence-electron chi connectivity index (χ0n) is 23.7. The number of fused-ring (bicyclic) bond motifs is 4. The molecule has 5 nitrogen and oxygen atoms in total. The van der Waals surface area contributed by atoms with Gasteiger partial charge in [0.15, 0.2) is 0 Å². The molecule has 0 radical (unpaired) electrons. The molecule has 1 aliphatic carbocycles. The molecule has 1 heterocycles. The molecule has 0 amide bonds. The van der Waals surface area contributed by atoms with Crippen LogP contribution >= 0.6 is 0 Å². The van der Waals surface area contributed by atoms with Crippen molar-refractivity contribution in [2.45, 2.75) is 39.0 Å². The van der Waals surface area contributed by atoms with E-state index in [0.29, 0.717) is 31.1 Å². The molecule has 208 valence electrons. The number of aromatic nitrogens is 1. The summed E-state index contributed by atoms with van der Waals surface area (Å²) in [7, 11) is 0. The van der Waals surface area contributed by atoms with E-state index >= 15 is 0 Å². The average molecular weight is 553 g/mol. The maximum Gasteiger partial charge on any atom is 0.305 e. The highest BCUT2D eigenvalue weighted by molar-refractivity contribution is 5.88. The maximum absolute atomic E-state index is 11.6. The molecule has 4 aromatic carbocycles. The minimum atomic E-state index is -0.169. The topological polar surface area (TPSA) is 72.2 Å². The summed E-state index contributed by atoms with van der Waals surface area (Å²) in [5.41, 5.74) is 9.04. The first kappa shape index (κ1) is 27.2. The van der Waals surface area contributed by atoms with Gasteiger partial charge in [-0.3, -0.25) is 4.79 Å². The quantitative estimate of drug-likeness (QED) is 0.126. The number of esters is 1. The minimum Gasteiger partial charge on any atom is -0.477 e. The summed E-state index contributed by atoms with van der Waals surface area (Å²) in [6.07, 6.45) is 3.58. The molecular formula is C37H32N2O3. The molecule has 0 saturated carbocycles. The highest BCUT2D eigenvalue weighted by Crippen LogP contribution is 2.40. The van der Waals surface area contributed by atoms with Crippen molar-refractivity contribution in [2.75, 3.05) is 13.2 Å². The van der Waals surface area contributed by atoms with Crippen LogP contribution in [0.25, 0.3) is 44.3 Å². The van der Waals surface area contributed by atoms with Crippen LogP contribution in [0.3, 0.4) is 0 Å². The van der Waals surface area contributed by atoms with E-state index in [1.165, 1.54) is 22.3 Å². The van der Waals surface area contributed by atoms with E-state index in [1.54, 1.807) is 0 Å². The molecule has 0 unspecified atom stereocenters. The Morgan fingerprint density at radius 2 is 1.60 bits per heavy atom. The van der Waals surface area contributed by atoms with Gasteiger partial charge in [0, 0.05) is 17.5 Å². The van der Waals surface area contributed by atoms with Gasteiger partial charge in [-0.15, -0.1) is 0 Å². The lowest BCUT2D eigenvalue weighted by atomic mass is 9.95. The van der Waals surface area contributed by atoms with E-state index in [1.807, 2.05) is 25.1 Å². The molecule has 0 N–H and O–H groups in total. The van der Waals surface area contributed by atoms with Crippen LogP contribution < -0.4 is 4.74 Å². The number of nitrogens with zero attached hydrogens (tertiary/aromatic N) is 2. The Bertz CT molecular complexity index is 1820. The van der Waals surface area contributed by atoms with Crippen LogP contribution in [0.5, 0.6) is 5.88 Å². The van der Waals surface area contributed by atoms with Gasteiger partial charge < -0.3 is 9.47 Å². The lowest BCUT2D eigenvalue weighted by Crippen LogP contribution is -2.05. The summed E-state index contributed by atoms with van der Waals surface area (Å²) >= 11 is 0. The second-order valence-electron chi connectivity index (χ2n) is 10.6. The number of ether oxygens (including phenoxy) is 2. The van der Waals surface area contributed by atoms with Crippen molar-refractivity contribution >= 4 is 16.7 Å². The van der Waals surface area contributed by atoms with Crippen LogP contribution in [0.2, 0.25) is 0 Å². The Balaban J connectivity index is 1.33. The second kappa shape index (κ2) is 12.3. The predicted octanol–water partition coefficient (Wildman–Crippen LogP) is 8.51. The fourth-order valence-electron chi connectivity index (χ4n) is 5.72. The van der Waals surface area contributed by atoms with Crippen LogP contribution in [-0.2, 0) is 16.0 Å². The number of unbranched alkanes of at least 4 members (excludes halogenated alkanes) is 2. The number of nitriles is 1. The molecule has 5 aromatic rings. The van der Waals surface area contributed by atoms with Gasteiger partial charge in [0.1, 0.15) is 11.6 Å². The monoisotopic (exact) mass is 552 g/mol. The van der Waals surface area contributed by atoms with Crippen LogP contribution in [0.4, 0.5) is 0 Å². The van der Waals surface area contributed by atoms with E-state index in [-0.39, 0.29) is 5.97 Å². The van der Waals surface area contributed by atoms with Crippen LogP contribution in [0.15, 0.2) is 91.0 Å². The van der Waals surface area contributed by atoms with Crippen molar-refractivity contribution in [1.29, 1.82) is 5.26 Å². The Kier molecular flexibility index (Phi) is 7.96. The first-order chi connectivity index (χ1) is 20.6. The molecule has 0 fully saturated rings. The lowest BCUT2D eigenvalue weighted by Gasteiger charge is -2.15. The van der Waals surface area contributed by atoms with Gasteiger partial charge in [-0.1, -0.05) is 78.9 Å². The third kappa shape index (κ3) is 5.62. The summed E-state index contributed by atoms with van der Waals surface area (Å²) in [6.45, 7) is 2.62. The highest BCUT2D eigenvalue weighted by atomic mass is 16.5. The first-order valence-corrected chi connectivity index (χ1v) is 14.6. The van der Waals surface area contributed by atoms with Gasteiger partial charge >= 0.3 is 5.97 Å². The van der Waals surface area contributed by atoms with Crippen molar-refractivity contribution in [2.24, 2.45) is 0 Å². The van der Waals surface area contributed by atoms with Gasteiger partial charge in [-0.2, -0.15) is 5.26 Å². The number of hydrogen-bond donors (Lipinski definition) is 0. The second-order valence-corrected chi connectivity index (χ2v) is 10.6. The van der Waals surface area contributed by atoms with Crippen molar-refractivity contribution in [3.05, 3.63) is 108 Å². The molecule has 42 heavy (non-hydrogen) atoms. The third-order valence-electron chi connectivity index (χ3n) is 7.82. The third-order valence-corrected chi connectivity index (χ3v) is 7.82. The smallest absolute Gasteiger partial charge is 0.305 e. The molecule has 0 saturated heterocycles. The highest BCUT2D eigenvalue weighted by Gasteiger charge is 2.21. The number of carbonyl (C=O) groups excluding carboxylic acids is 1. The summed E-state index contributed by atoms with van der Waals surface area (Å²) in [5, 5.41) is 12.6. The maximum atomic E-state index is 11.6. The molecule has 6 rings (SSSR count). The summed E-state index contributed by atoms with van der Waals surface area (Å²) in [4.78, 5) is 16.5. The van der Waals surface area contributed by atoms with Crippen LogP contribution in [0.1, 0.15) is 49.3 Å². The minimum absolute atomic E-state index is 0.169. The zero-order chi connectivity index (χ0) is 28.9. The molecule has 1 aliphatic rings. The number of rotatable bonds is 10. The number of hydrogen-bond acceptors (Lipinski definition) is 5. The summed E-state index contributed by atoms with van der Waals surface area (Å²) in [6, 6.07) is 33.9. The molecule has 0 atom stereocenters. The van der Waals surface area contributed by atoms with Crippen LogP contribution in [0, 0.1) is 11.3 Å². The molecule has 0 spiro atoms. The fourth-order valence-corrected chi connectivity index (χ4v) is 5.72. The lowest BCUT2D eigenvalue weighted by molar-refractivity contribution is -0.143. The fraction of sp³-hybridized carbons (Fsp3) is 0.216. The Labute approximate surface area is 246 Å². The summed E-state index contributed by atoms with van der Waals surface area (Å²) < 4.78 is 11.2. The molecule has 0 bridgehead atoms. The van der Waals surface area contributed by atoms with E-state index in [4.69, 9.17) is 14.5 Å². The molecule has 5 heteroatoms. The number of pyridine rings is 1. The van der Waals surface area contributed by atoms with E-state index in [2.05, 4.69) is 78.9 Å².